The minimum atomic E-state index is -0.418. The number of fused-ring (bicyclic) bond motifs is 1. The summed E-state index contributed by atoms with van der Waals surface area (Å²) in [6.07, 6.45) is 0. The molecular weight excluding hydrogens is 432 g/mol. The van der Waals surface area contributed by atoms with Crippen LogP contribution in [0, 0.1) is 0 Å². The normalized spacial score (nSPS) is 11.6. The lowest BCUT2D eigenvalue weighted by Crippen LogP contribution is -2.05. The first-order valence-corrected chi connectivity index (χ1v) is 10.6. The summed E-state index contributed by atoms with van der Waals surface area (Å²) >= 11 is 0. The highest BCUT2D eigenvalue weighted by molar-refractivity contribution is 6.22. The van der Waals surface area contributed by atoms with Crippen molar-refractivity contribution in [1.82, 2.24) is 25.6 Å². The highest BCUT2D eigenvalue weighted by Crippen LogP contribution is 2.32. The standard InChI is InChI=1S/C25H20N6O3/c1-2-34-25(33)17-10-13-19-20(14-17)27-24(32)21(19)22(15-6-4-3-5-7-15)26-18-11-8-16(9-12-18)23-28-30-31-29-23/h3-14,27,32H,2H2,1H3,(H,28,29,30,31). The summed E-state index contributed by atoms with van der Waals surface area (Å²) in [4.78, 5) is 20.0. The van der Waals surface area contributed by atoms with Crippen LogP contribution in [0.25, 0.3) is 22.3 Å². The van der Waals surface area contributed by atoms with E-state index in [1.54, 1.807) is 25.1 Å². The molecule has 0 aliphatic carbocycles. The van der Waals surface area contributed by atoms with Crippen molar-refractivity contribution in [2.24, 2.45) is 4.99 Å². The third kappa shape index (κ3) is 4.02. The van der Waals surface area contributed by atoms with E-state index in [1.165, 1.54) is 0 Å². The maximum absolute atomic E-state index is 12.2. The Hall–Kier alpha value is -4.79. The summed E-state index contributed by atoms with van der Waals surface area (Å²) in [5.41, 5.74) is 4.44. The van der Waals surface area contributed by atoms with Crippen LogP contribution in [0.4, 0.5) is 5.69 Å². The Morgan fingerprint density at radius 2 is 1.82 bits per heavy atom. The largest absolute Gasteiger partial charge is 0.494 e. The van der Waals surface area contributed by atoms with Gasteiger partial charge < -0.3 is 14.8 Å². The number of aromatic nitrogens is 5. The molecule has 2 heterocycles. The number of nitrogens with one attached hydrogen (secondary N) is 2. The number of hydrogen-bond donors (Lipinski definition) is 3. The van der Waals surface area contributed by atoms with Gasteiger partial charge in [-0.05, 0) is 48.5 Å². The predicted octanol–water partition coefficient (Wildman–Crippen LogP) is 4.40. The number of aromatic hydroxyl groups is 1. The molecule has 0 radical (unpaired) electrons. The van der Waals surface area contributed by atoms with E-state index in [-0.39, 0.29) is 12.5 Å². The second-order valence-electron chi connectivity index (χ2n) is 7.44. The maximum Gasteiger partial charge on any atom is 0.338 e. The summed E-state index contributed by atoms with van der Waals surface area (Å²) < 4.78 is 5.09. The molecule has 9 nitrogen and oxygen atoms in total. The summed E-state index contributed by atoms with van der Waals surface area (Å²) in [6, 6.07) is 22.1. The highest BCUT2D eigenvalue weighted by atomic mass is 16.5. The lowest BCUT2D eigenvalue weighted by atomic mass is 10.00. The van der Waals surface area contributed by atoms with Crippen molar-refractivity contribution in [3.63, 3.8) is 0 Å². The van der Waals surface area contributed by atoms with Gasteiger partial charge in [-0.1, -0.05) is 36.4 Å². The fraction of sp³-hybridized carbons (Fsp3) is 0.0800. The monoisotopic (exact) mass is 452 g/mol. The Morgan fingerprint density at radius 1 is 1.03 bits per heavy atom. The Balaban J connectivity index is 1.62. The van der Waals surface area contributed by atoms with Gasteiger partial charge in [-0.3, -0.25) is 0 Å². The van der Waals surface area contributed by atoms with E-state index in [0.717, 1.165) is 16.5 Å². The van der Waals surface area contributed by atoms with Gasteiger partial charge in [0.2, 0.25) is 5.82 Å². The van der Waals surface area contributed by atoms with Crippen LogP contribution in [0.1, 0.15) is 28.4 Å². The molecule has 0 atom stereocenters. The molecule has 0 amide bonds. The number of ether oxygens (including phenoxy) is 1. The van der Waals surface area contributed by atoms with Crippen LogP contribution in [0.3, 0.4) is 0 Å². The lowest BCUT2D eigenvalue weighted by molar-refractivity contribution is 0.0526. The molecule has 5 rings (SSSR count). The molecule has 2 aromatic heterocycles. The van der Waals surface area contributed by atoms with Crippen LogP contribution in [0.2, 0.25) is 0 Å². The van der Waals surface area contributed by atoms with Crippen molar-refractivity contribution in [3.8, 4) is 17.3 Å². The molecule has 168 valence electrons. The fourth-order valence-corrected chi connectivity index (χ4v) is 3.72. The molecule has 0 aliphatic heterocycles. The lowest BCUT2D eigenvalue weighted by Gasteiger charge is -2.08. The molecule has 3 N–H and O–H groups in total. The summed E-state index contributed by atoms with van der Waals surface area (Å²) in [5, 5.41) is 25.6. The van der Waals surface area contributed by atoms with Gasteiger partial charge >= 0.3 is 5.97 Å². The summed E-state index contributed by atoms with van der Waals surface area (Å²) in [6.45, 7) is 2.04. The molecule has 0 saturated heterocycles. The van der Waals surface area contributed by atoms with Gasteiger partial charge in [0.25, 0.3) is 0 Å². The predicted molar refractivity (Wildman–Crippen MR) is 127 cm³/mol. The summed E-state index contributed by atoms with van der Waals surface area (Å²) in [5.74, 6) is 0.0335. The molecule has 34 heavy (non-hydrogen) atoms. The first-order chi connectivity index (χ1) is 16.6. The molecule has 0 aliphatic rings. The number of benzene rings is 3. The zero-order chi connectivity index (χ0) is 23.5. The number of aromatic amines is 2. The van der Waals surface area contributed by atoms with Gasteiger partial charge in [0, 0.05) is 22.0 Å². The zero-order valence-corrected chi connectivity index (χ0v) is 18.2. The second kappa shape index (κ2) is 8.99. The van der Waals surface area contributed by atoms with Crippen LogP contribution in [0.5, 0.6) is 5.88 Å². The average molecular weight is 452 g/mol. The number of tetrazole rings is 1. The first-order valence-electron chi connectivity index (χ1n) is 10.6. The number of rotatable bonds is 6. The van der Waals surface area contributed by atoms with Crippen molar-refractivity contribution >= 4 is 28.3 Å². The third-order valence-corrected chi connectivity index (χ3v) is 5.29. The van der Waals surface area contributed by atoms with E-state index in [9.17, 15) is 9.90 Å². The number of aliphatic imine (C=N–C) groups is 1. The van der Waals surface area contributed by atoms with Gasteiger partial charge in [-0.15, -0.1) is 10.2 Å². The molecule has 9 heteroatoms. The second-order valence-corrected chi connectivity index (χ2v) is 7.44. The van der Waals surface area contributed by atoms with Crippen LogP contribution in [0.15, 0.2) is 77.8 Å². The zero-order valence-electron chi connectivity index (χ0n) is 18.2. The number of hydrogen-bond acceptors (Lipinski definition) is 7. The molecule has 0 spiro atoms. The van der Waals surface area contributed by atoms with Gasteiger partial charge in [0.1, 0.15) is 0 Å². The van der Waals surface area contributed by atoms with Crippen LogP contribution < -0.4 is 0 Å². The quantitative estimate of drug-likeness (QED) is 0.259. The molecule has 0 saturated carbocycles. The van der Waals surface area contributed by atoms with Gasteiger partial charge in [0.15, 0.2) is 5.88 Å². The number of carbonyl (C=O) groups is 1. The van der Waals surface area contributed by atoms with Gasteiger partial charge in [-0.25, -0.2) is 9.79 Å². The SMILES string of the molecule is CCOC(=O)c1ccc2c(C(=Nc3ccc(-c4nn[nH]n4)cc3)c3ccccc3)c(O)[nH]c2c1. The van der Waals surface area contributed by atoms with E-state index in [1.807, 2.05) is 54.6 Å². The van der Waals surface area contributed by atoms with E-state index < -0.39 is 5.97 Å². The molecule has 0 bridgehead atoms. The molecule has 3 aromatic carbocycles. The third-order valence-electron chi connectivity index (χ3n) is 5.29. The smallest absolute Gasteiger partial charge is 0.338 e. The highest BCUT2D eigenvalue weighted by Gasteiger charge is 2.20. The Labute approximate surface area is 194 Å². The van der Waals surface area contributed by atoms with Crippen molar-refractivity contribution in [3.05, 3.63) is 89.5 Å². The summed E-state index contributed by atoms with van der Waals surface area (Å²) in [7, 11) is 0. The minimum Gasteiger partial charge on any atom is -0.494 e. The maximum atomic E-state index is 12.2. The van der Waals surface area contributed by atoms with Crippen LogP contribution in [-0.4, -0.2) is 49.0 Å². The van der Waals surface area contributed by atoms with E-state index in [4.69, 9.17) is 9.73 Å². The van der Waals surface area contributed by atoms with Crippen molar-refractivity contribution in [2.45, 2.75) is 6.92 Å². The molecular formula is C25H20N6O3. The number of nitrogens with zero attached hydrogens (tertiary/aromatic N) is 4. The fourth-order valence-electron chi connectivity index (χ4n) is 3.72. The number of esters is 1. The van der Waals surface area contributed by atoms with Crippen molar-refractivity contribution in [2.75, 3.05) is 6.61 Å². The van der Waals surface area contributed by atoms with Crippen molar-refractivity contribution in [1.29, 1.82) is 0 Å². The van der Waals surface area contributed by atoms with Crippen molar-refractivity contribution < 1.29 is 14.6 Å². The van der Waals surface area contributed by atoms with E-state index in [2.05, 4.69) is 25.6 Å². The molecule has 0 fully saturated rings. The van der Waals surface area contributed by atoms with E-state index >= 15 is 0 Å². The Bertz CT molecular complexity index is 1470. The average Bonchev–Trinajstić information content (AvgIpc) is 3.51. The van der Waals surface area contributed by atoms with E-state index in [0.29, 0.717) is 33.9 Å². The topological polar surface area (TPSA) is 129 Å². The number of H-pyrrole nitrogens is 2. The van der Waals surface area contributed by atoms with Crippen LogP contribution >= 0.6 is 0 Å². The minimum absolute atomic E-state index is 0.0398. The van der Waals surface area contributed by atoms with Gasteiger partial charge in [-0.2, -0.15) is 5.21 Å². The number of carbonyl (C=O) groups excluding carboxylic acids is 1. The Kier molecular flexibility index (Phi) is 5.57. The first kappa shape index (κ1) is 21.1. The molecule has 5 aromatic rings. The Morgan fingerprint density at radius 3 is 2.53 bits per heavy atom. The van der Waals surface area contributed by atoms with Gasteiger partial charge in [0.05, 0.1) is 29.1 Å². The molecule has 0 unspecified atom stereocenters. The van der Waals surface area contributed by atoms with Crippen LogP contribution in [-0.2, 0) is 4.74 Å².